The van der Waals surface area contributed by atoms with E-state index in [1.165, 1.54) is 0 Å². The Morgan fingerprint density at radius 2 is 1.16 bits per heavy atom. The van der Waals surface area contributed by atoms with Crippen LogP contribution in [0, 0.1) is 0 Å². The lowest BCUT2D eigenvalue weighted by molar-refractivity contribution is 0.660. The van der Waals surface area contributed by atoms with E-state index in [4.69, 9.17) is 15.4 Å². The SMILES string of the molecule is [2H]c1c([2H])c(-n2c3c([2H])c([2H])c([2H])c([2H])c3c3c([2H])c([2H])c([2H])c([2H])c32)c2c(oc3c4c([2H])c([2H])c([2H])c([2H])c4c(N(c4ccc(-c5ccccc5)cc4)c4ccc5c(c4)C(C)(C)c4ccccc4-5)c([2H])c32)c1[2H]. The highest BCUT2D eigenvalue weighted by Gasteiger charge is 2.36. The van der Waals surface area contributed by atoms with Crippen LogP contribution in [0.3, 0.4) is 0 Å². The first-order chi connectivity index (χ1) is 35.2. The highest BCUT2D eigenvalue weighted by molar-refractivity contribution is 6.22. The molecule has 0 radical (unpaired) electrons. The topological polar surface area (TPSA) is 21.3 Å². The van der Waals surface area contributed by atoms with E-state index in [0.29, 0.717) is 11.4 Å². The van der Waals surface area contributed by atoms with Crippen LogP contribution in [0.5, 0.6) is 0 Å². The van der Waals surface area contributed by atoms with Crippen molar-refractivity contribution in [3.05, 3.63) is 205 Å². The minimum absolute atomic E-state index is 0.0621. The maximum absolute atomic E-state index is 10.6. The Bertz CT molecular complexity index is 4280. The Hall–Kier alpha value is -7.36. The van der Waals surface area contributed by atoms with Crippen molar-refractivity contribution >= 4 is 71.6 Å². The number of nitrogens with zero attached hydrogens (tertiary/aromatic N) is 2. The number of anilines is 3. The normalized spacial score (nSPS) is 17.0. The smallest absolute Gasteiger partial charge is 0.143 e. The minimum Gasteiger partial charge on any atom is -0.455 e. The Balaban J connectivity index is 1.30. The average molecular weight is 759 g/mol. The van der Waals surface area contributed by atoms with Crippen molar-refractivity contribution in [3.8, 4) is 27.9 Å². The standard InChI is InChI=1S/C55H38N2O/c1-55(2)46-22-11-8-17-39(46)40-32-31-38(33-47(40)55)56(37-29-27-36(28-30-37)35-15-4-3-5-16-35)51-34-45-53-50(25-14-26-52(53)58-54(45)44-21-7-6-20-43(44)51)57-48-23-12-9-18-41(48)42-19-10-13-24-49(42)57/h3-34H,1-2H3/i6D,7D,9D,10D,12D,13D,14D,18D,19D,20D,21D,23D,24D,25D,26D,34D. The van der Waals surface area contributed by atoms with E-state index < -0.39 is 113 Å². The quantitative estimate of drug-likeness (QED) is 0.174. The van der Waals surface area contributed by atoms with Crippen molar-refractivity contribution in [1.29, 1.82) is 0 Å². The summed E-state index contributed by atoms with van der Waals surface area (Å²) >= 11 is 0. The number of hydrogen-bond donors (Lipinski definition) is 0. The van der Waals surface area contributed by atoms with Gasteiger partial charge in [0, 0.05) is 43.7 Å². The van der Waals surface area contributed by atoms with Gasteiger partial charge in [-0.25, -0.2) is 0 Å². The summed E-state index contributed by atoms with van der Waals surface area (Å²) in [5.74, 6) is 0. The van der Waals surface area contributed by atoms with Gasteiger partial charge < -0.3 is 13.9 Å². The largest absolute Gasteiger partial charge is 0.455 e. The second-order valence-electron chi connectivity index (χ2n) is 14.9. The molecule has 2 heterocycles. The number of hydrogen-bond acceptors (Lipinski definition) is 2. The molecule has 2 aromatic heterocycles. The first-order valence-corrected chi connectivity index (χ1v) is 18.8. The number of aromatic nitrogens is 1. The van der Waals surface area contributed by atoms with Crippen molar-refractivity contribution in [2.75, 3.05) is 4.90 Å². The van der Waals surface area contributed by atoms with Crippen LogP contribution in [0.15, 0.2) is 198 Å². The van der Waals surface area contributed by atoms with Gasteiger partial charge in [0.1, 0.15) is 11.2 Å². The molecule has 0 amide bonds. The molecule has 1 aliphatic rings. The zero-order chi connectivity index (χ0) is 52.5. The van der Waals surface area contributed by atoms with Crippen molar-refractivity contribution in [3.63, 3.8) is 0 Å². The monoisotopic (exact) mass is 758 g/mol. The third-order valence-corrected chi connectivity index (χ3v) is 11.4. The number of fused-ring (bicyclic) bond motifs is 11. The van der Waals surface area contributed by atoms with Crippen LogP contribution in [-0.4, -0.2) is 4.57 Å². The van der Waals surface area contributed by atoms with Gasteiger partial charge in [-0.1, -0.05) is 153 Å². The summed E-state index contributed by atoms with van der Waals surface area (Å²) in [5, 5.41) is -1.41. The van der Waals surface area contributed by atoms with Gasteiger partial charge in [0.25, 0.3) is 0 Å². The maximum atomic E-state index is 10.6. The fourth-order valence-corrected chi connectivity index (χ4v) is 8.74. The molecule has 3 nitrogen and oxygen atoms in total. The van der Waals surface area contributed by atoms with Gasteiger partial charge >= 0.3 is 0 Å². The number of benzene rings is 9. The fourth-order valence-electron chi connectivity index (χ4n) is 8.74. The van der Waals surface area contributed by atoms with Crippen LogP contribution in [0.4, 0.5) is 17.1 Å². The average Bonchev–Trinajstić information content (AvgIpc) is 4.14. The summed E-state index contributed by atoms with van der Waals surface area (Å²) in [6, 6.07) is 20.7. The molecule has 0 unspecified atom stereocenters. The molecule has 0 N–H and O–H groups in total. The summed E-state index contributed by atoms with van der Waals surface area (Å²) in [5.41, 5.74) is 4.30. The molecule has 1 aliphatic carbocycles. The van der Waals surface area contributed by atoms with Crippen LogP contribution in [0.2, 0.25) is 0 Å². The molecule has 11 aromatic rings. The van der Waals surface area contributed by atoms with Gasteiger partial charge in [-0.05, 0) is 87.9 Å². The molecule has 274 valence electrons. The van der Waals surface area contributed by atoms with Crippen LogP contribution in [-0.2, 0) is 5.41 Å². The van der Waals surface area contributed by atoms with Gasteiger partial charge in [0.2, 0.25) is 0 Å². The second kappa shape index (κ2) is 12.3. The van der Waals surface area contributed by atoms with Crippen molar-refractivity contribution in [2.24, 2.45) is 0 Å². The van der Waals surface area contributed by atoms with Crippen molar-refractivity contribution < 1.29 is 26.3 Å². The lowest BCUT2D eigenvalue weighted by Crippen LogP contribution is -2.16. The maximum Gasteiger partial charge on any atom is 0.143 e. The number of furan rings is 1. The molecule has 12 rings (SSSR count). The van der Waals surface area contributed by atoms with E-state index in [-0.39, 0.29) is 54.6 Å². The second-order valence-corrected chi connectivity index (χ2v) is 14.9. The predicted molar refractivity (Wildman–Crippen MR) is 243 cm³/mol. The van der Waals surface area contributed by atoms with E-state index in [0.717, 1.165) is 37.9 Å². The van der Waals surface area contributed by atoms with Crippen LogP contribution in [0.1, 0.15) is 46.9 Å². The molecule has 9 aromatic carbocycles. The van der Waals surface area contributed by atoms with E-state index in [2.05, 4.69) is 26.0 Å². The molecule has 0 fully saturated rings. The minimum atomic E-state index is -0.747. The van der Waals surface area contributed by atoms with E-state index in [9.17, 15) is 11.0 Å². The molecule has 0 saturated heterocycles. The van der Waals surface area contributed by atoms with Gasteiger partial charge in [0.15, 0.2) is 0 Å². The van der Waals surface area contributed by atoms with Crippen LogP contribution >= 0.6 is 0 Å². The highest BCUT2D eigenvalue weighted by Crippen LogP contribution is 2.52. The van der Waals surface area contributed by atoms with Gasteiger partial charge in [0.05, 0.1) is 49.7 Å². The zero-order valence-electron chi connectivity index (χ0n) is 47.0. The van der Waals surface area contributed by atoms with Crippen molar-refractivity contribution in [2.45, 2.75) is 19.3 Å². The van der Waals surface area contributed by atoms with E-state index in [1.54, 1.807) is 4.90 Å². The summed E-state index contributed by atoms with van der Waals surface area (Å²) < 4.78 is 155. The fraction of sp³-hybridized carbons (Fsp3) is 0.0545. The summed E-state index contributed by atoms with van der Waals surface area (Å²) in [6.45, 7) is 4.22. The van der Waals surface area contributed by atoms with Gasteiger partial charge in [-0.2, -0.15) is 0 Å². The molecule has 3 heteroatoms. The van der Waals surface area contributed by atoms with Crippen LogP contribution < -0.4 is 4.90 Å². The highest BCUT2D eigenvalue weighted by atomic mass is 16.3. The Morgan fingerprint density at radius 3 is 1.91 bits per heavy atom. The zero-order valence-corrected chi connectivity index (χ0v) is 31.0. The molecule has 0 bridgehead atoms. The number of para-hydroxylation sites is 2. The van der Waals surface area contributed by atoms with E-state index >= 15 is 0 Å². The molecule has 0 spiro atoms. The Kier molecular flexibility index (Phi) is 4.40. The number of rotatable bonds is 5. The molecule has 58 heavy (non-hydrogen) atoms. The third kappa shape index (κ3) is 4.68. The summed E-state index contributed by atoms with van der Waals surface area (Å²) in [6.07, 6.45) is 0. The lowest BCUT2D eigenvalue weighted by Gasteiger charge is -2.29. The Labute approximate surface area is 359 Å². The predicted octanol–water partition coefficient (Wildman–Crippen LogP) is 15.3. The molecular formula is C55H38N2O. The lowest BCUT2D eigenvalue weighted by atomic mass is 9.82. The summed E-state index contributed by atoms with van der Waals surface area (Å²) in [4.78, 5) is 1.73. The first kappa shape index (κ1) is 20.7. The molecule has 0 saturated carbocycles. The van der Waals surface area contributed by atoms with Gasteiger partial charge in [-0.3, -0.25) is 0 Å². The van der Waals surface area contributed by atoms with E-state index in [1.807, 2.05) is 84.9 Å². The molecular weight excluding hydrogens is 705 g/mol. The van der Waals surface area contributed by atoms with Gasteiger partial charge in [-0.15, -0.1) is 0 Å². The first-order valence-electron chi connectivity index (χ1n) is 26.8. The summed E-state index contributed by atoms with van der Waals surface area (Å²) in [7, 11) is 0. The molecule has 0 atom stereocenters. The molecule has 0 aliphatic heterocycles. The van der Waals surface area contributed by atoms with Crippen molar-refractivity contribution in [1.82, 2.24) is 4.57 Å². The van der Waals surface area contributed by atoms with Crippen LogP contribution in [0.25, 0.3) is 82.5 Å². The third-order valence-electron chi connectivity index (χ3n) is 11.4. The Morgan fingerprint density at radius 1 is 0.534 bits per heavy atom.